The Hall–Kier alpha value is -2.34. The molecule has 2 N–H and O–H groups in total. The maximum absolute atomic E-state index is 12.8. The van der Waals surface area contributed by atoms with Gasteiger partial charge < -0.3 is 20.4 Å². The van der Waals surface area contributed by atoms with E-state index in [4.69, 9.17) is 21.7 Å². The van der Waals surface area contributed by atoms with Crippen LogP contribution in [0.1, 0.15) is 42.3 Å². The summed E-state index contributed by atoms with van der Waals surface area (Å²) in [5.74, 6) is -0.631. The molecule has 0 saturated heterocycles. The first-order chi connectivity index (χ1) is 12.2. The molecule has 1 amide bonds. The van der Waals surface area contributed by atoms with Crippen molar-refractivity contribution in [1.82, 2.24) is 10.2 Å². The van der Waals surface area contributed by atoms with Crippen molar-refractivity contribution in [3.63, 3.8) is 0 Å². The predicted molar refractivity (Wildman–Crippen MR) is 103 cm³/mol. The lowest BCUT2D eigenvalue weighted by Gasteiger charge is -2.29. The molecule has 0 bridgehead atoms. The van der Waals surface area contributed by atoms with E-state index in [2.05, 4.69) is 5.32 Å². The van der Waals surface area contributed by atoms with Crippen LogP contribution < -0.4 is 5.32 Å². The highest BCUT2D eigenvalue weighted by atomic mass is 35.5. The molecule has 0 aromatic heterocycles. The highest BCUT2D eigenvalue weighted by Crippen LogP contribution is 2.25. The van der Waals surface area contributed by atoms with Crippen LogP contribution in [-0.2, 0) is 16.0 Å². The van der Waals surface area contributed by atoms with E-state index in [0.29, 0.717) is 29.8 Å². The number of carbonyl (C=O) groups excluding carboxylic acids is 2. The summed E-state index contributed by atoms with van der Waals surface area (Å²) in [7, 11) is 1.71. The van der Waals surface area contributed by atoms with Crippen LogP contribution in [0.2, 0.25) is 0 Å². The molecule has 0 radical (unpaired) electrons. The molecule has 0 saturated carbocycles. The Bertz CT molecular complexity index is 766. The molecule has 0 spiro atoms. The van der Waals surface area contributed by atoms with Crippen LogP contribution in [0.25, 0.3) is 5.70 Å². The van der Waals surface area contributed by atoms with Crippen LogP contribution in [0.4, 0.5) is 0 Å². The van der Waals surface area contributed by atoms with Gasteiger partial charge in [0.05, 0.1) is 10.7 Å². The fourth-order valence-electron chi connectivity index (χ4n) is 2.83. The number of esters is 1. The van der Waals surface area contributed by atoms with Crippen molar-refractivity contribution in [2.45, 2.75) is 32.8 Å². The van der Waals surface area contributed by atoms with E-state index in [-0.39, 0.29) is 17.5 Å². The lowest BCUT2D eigenvalue weighted by Crippen LogP contribution is -2.42. The molecule has 6 nitrogen and oxygen atoms in total. The summed E-state index contributed by atoms with van der Waals surface area (Å²) in [4.78, 5) is 26.4. The minimum Gasteiger partial charge on any atom is -0.459 e. The fourth-order valence-corrected chi connectivity index (χ4v) is 3.03. The summed E-state index contributed by atoms with van der Waals surface area (Å²) >= 11 is 6.06. The zero-order valence-electron chi connectivity index (χ0n) is 15.5. The number of carbonyl (C=O) groups is 2. The van der Waals surface area contributed by atoms with Crippen molar-refractivity contribution >= 4 is 35.4 Å². The van der Waals surface area contributed by atoms with Gasteiger partial charge in [-0.2, -0.15) is 0 Å². The predicted octanol–water partition coefficient (Wildman–Crippen LogP) is 2.80. The van der Waals surface area contributed by atoms with Gasteiger partial charge in [0.1, 0.15) is 12.1 Å². The number of benzene rings is 1. The number of nitrogens with zero attached hydrogens (tertiary/aromatic N) is 1. The molecule has 1 aromatic rings. The van der Waals surface area contributed by atoms with E-state index in [1.165, 1.54) is 4.90 Å². The zero-order chi connectivity index (χ0) is 19.5. The topological polar surface area (TPSA) is 82.5 Å². The second-order valence-corrected chi connectivity index (χ2v) is 7.46. The van der Waals surface area contributed by atoms with Crippen molar-refractivity contribution in [2.75, 3.05) is 20.1 Å². The van der Waals surface area contributed by atoms with Gasteiger partial charge in [0.25, 0.3) is 5.91 Å². The summed E-state index contributed by atoms with van der Waals surface area (Å²) in [6.45, 7) is 5.78. The Morgan fingerprint density at radius 2 is 2.12 bits per heavy atom. The maximum Gasteiger partial charge on any atom is 0.326 e. The molecule has 2 rings (SSSR count). The van der Waals surface area contributed by atoms with Crippen LogP contribution in [0.5, 0.6) is 0 Å². The van der Waals surface area contributed by atoms with Gasteiger partial charge in [0.15, 0.2) is 0 Å². The largest absolute Gasteiger partial charge is 0.459 e. The number of hydrogen-bond donors (Lipinski definition) is 2. The number of allylic oxidation sites excluding steroid dienone is 1. The van der Waals surface area contributed by atoms with Crippen LogP contribution in [0.15, 0.2) is 23.2 Å². The van der Waals surface area contributed by atoms with Crippen molar-refractivity contribution in [3.8, 4) is 0 Å². The van der Waals surface area contributed by atoms with Gasteiger partial charge in [-0.1, -0.05) is 23.7 Å². The summed E-state index contributed by atoms with van der Waals surface area (Å²) in [5.41, 5.74) is 2.17. The van der Waals surface area contributed by atoms with E-state index < -0.39 is 11.6 Å². The van der Waals surface area contributed by atoms with Crippen LogP contribution >= 0.6 is 11.6 Å². The lowest BCUT2D eigenvalue weighted by atomic mass is 9.95. The molecular formula is C19H24ClN3O3. The Morgan fingerprint density at radius 3 is 2.69 bits per heavy atom. The van der Waals surface area contributed by atoms with Crippen molar-refractivity contribution in [1.29, 1.82) is 5.41 Å². The Kier molecular flexibility index (Phi) is 6.08. The lowest BCUT2D eigenvalue weighted by molar-refractivity contribution is -0.155. The third kappa shape index (κ3) is 4.64. The molecule has 0 atom stereocenters. The summed E-state index contributed by atoms with van der Waals surface area (Å²) < 4.78 is 5.31. The van der Waals surface area contributed by atoms with E-state index in [0.717, 1.165) is 11.8 Å². The monoisotopic (exact) mass is 377 g/mol. The quantitative estimate of drug-likeness (QED) is 0.610. The first-order valence-corrected chi connectivity index (χ1v) is 8.76. The number of fused-ring (bicyclic) bond motifs is 1. The highest BCUT2D eigenvalue weighted by Gasteiger charge is 2.28. The maximum atomic E-state index is 12.8. The number of rotatable bonds is 5. The van der Waals surface area contributed by atoms with Gasteiger partial charge in [-0.15, -0.1) is 0 Å². The van der Waals surface area contributed by atoms with Crippen molar-refractivity contribution in [3.05, 3.63) is 39.9 Å². The average Bonchev–Trinajstić information content (AvgIpc) is 2.56. The van der Waals surface area contributed by atoms with Crippen LogP contribution in [0.3, 0.4) is 0 Å². The van der Waals surface area contributed by atoms with Gasteiger partial charge in [-0.05, 0) is 44.4 Å². The summed E-state index contributed by atoms with van der Waals surface area (Å²) in [6.07, 6.45) is 1.71. The first kappa shape index (κ1) is 20.0. The number of halogens is 1. The van der Waals surface area contributed by atoms with Crippen LogP contribution in [-0.4, -0.2) is 48.7 Å². The van der Waals surface area contributed by atoms with E-state index in [1.54, 1.807) is 33.9 Å². The molecule has 1 aliphatic rings. The average molecular weight is 378 g/mol. The third-order valence-electron chi connectivity index (χ3n) is 3.92. The molecule has 0 aliphatic carbocycles. The SMILES string of the molecule is CN/C(=C(/Cl)C=N)c1ccc2c(c1)C(=O)N(CC(=O)OC(C)(C)C)CC2. The van der Waals surface area contributed by atoms with Gasteiger partial charge in [-0.25, -0.2) is 0 Å². The third-order valence-corrected chi connectivity index (χ3v) is 4.22. The molecular weight excluding hydrogens is 354 g/mol. The van der Waals surface area contributed by atoms with Gasteiger partial charge in [0, 0.05) is 25.4 Å². The molecule has 7 heteroatoms. The number of amides is 1. The van der Waals surface area contributed by atoms with Gasteiger partial charge in [0.2, 0.25) is 0 Å². The molecule has 1 heterocycles. The second kappa shape index (κ2) is 7.91. The van der Waals surface area contributed by atoms with Crippen molar-refractivity contribution < 1.29 is 14.3 Å². The normalized spacial score (nSPS) is 15.1. The first-order valence-electron chi connectivity index (χ1n) is 8.38. The van der Waals surface area contributed by atoms with Crippen molar-refractivity contribution in [2.24, 2.45) is 0 Å². The zero-order valence-corrected chi connectivity index (χ0v) is 16.2. The summed E-state index contributed by atoms with van der Waals surface area (Å²) in [6, 6.07) is 5.50. The fraction of sp³-hybridized carbons (Fsp3) is 0.421. The molecule has 26 heavy (non-hydrogen) atoms. The standard InChI is InChI=1S/C19H24ClN3O3/c1-19(2,3)26-16(24)11-23-8-7-12-5-6-13(9-14(12)18(23)25)17(22-4)15(20)10-21/h5-6,9-10,21-22H,7-8,11H2,1-4H3/b17-15+,21-10?. The Labute approximate surface area is 158 Å². The Balaban J connectivity index is 2.27. The summed E-state index contributed by atoms with van der Waals surface area (Å²) in [5, 5.41) is 10.5. The van der Waals surface area contributed by atoms with E-state index in [9.17, 15) is 9.59 Å². The molecule has 1 aromatic carbocycles. The van der Waals surface area contributed by atoms with Gasteiger partial charge in [-0.3, -0.25) is 9.59 Å². The number of hydrogen-bond acceptors (Lipinski definition) is 5. The van der Waals surface area contributed by atoms with Crippen LogP contribution in [0, 0.1) is 5.41 Å². The smallest absolute Gasteiger partial charge is 0.326 e. The van der Waals surface area contributed by atoms with Gasteiger partial charge >= 0.3 is 5.97 Å². The number of nitrogens with one attached hydrogen (secondary N) is 2. The second-order valence-electron chi connectivity index (χ2n) is 7.05. The minimum absolute atomic E-state index is 0.0737. The molecule has 0 unspecified atom stereocenters. The Morgan fingerprint density at radius 1 is 1.42 bits per heavy atom. The highest BCUT2D eigenvalue weighted by molar-refractivity contribution is 6.42. The molecule has 0 fully saturated rings. The molecule has 1 aliphatic heterocycles. The minimum atomic E-state index is -0.586. The van der Waals surface area contributed by atoms with E-state index in [1.807, 2.05) is 12.1 Å². The van der Waals surface area contributed by atoms with E-state index >= 15 is 0 Å². The number of ether oxygens (including phenoxy) is 1. The molecule has 140 valence electrons.